The lowest BCUT2D eigenvalue weighted by Crippen LogP contribution is -2.34. The summed E-state index contributed by atoms with van der Waals surface area (Å²) in [5.41, 5.74) is 2.20. The molecule has 1 saturated heterocycles. The number of halogens is 1. The van der Waals surface area contributed by atoms with Crippen molar-refractivity contribution in [1.29, 1.82) is 0 Å². The Balaban J connectivity index is 1.90. The van der Waals surface area contributed by atoms with E-state index in [9.17, 15) is 19.1 Å². The SMILES string of the molecule is CCCCN(CCCC)CCCN1C(=O)C(=O)/C(=C(/O)c2ccc(F)cc2)C1c1ccc(C)cc1. The van der Waals surface area contributed by atoms with E-state index in [0.29, 0.717) is 12.1 Å². The molecule has 1 atom stereocenters. The molecule has 1 fully saturated rings. The highest BCUT2D eigenvalue weighted by Crippen LogP contribution is 2.39. The monoisotopic (exact) mass is 480 g/mol. The van der Waals surface area contributed by atoms with Crippen LogP contribution in [0.1, 0.15) is 68.7 Å². The van der Waals surface area contributed by atoms with Gasteiger partial charge in [-0.2, -0.15) is 0 Å². The third kappa shape index (κ3) is 6.57. The van der Waals surface area contributed by atoms with E-state index in [1.165, 1.54) is 24.3 Å². The number of ketones is 1. The largest absolute Gasteiger partial charge is 0.507 e. The van der Waals surface area contributed by atoms with Crippen LogP contribution in [0.3, 0.4) is 0 Å². The number of nitrogens with zero attached hydrogens (tertiary/aromatic N) is 2. The van der Waals surface area contributed by atoms with Gasteiger partial charge in [-0.3, -0.25) is 9.59 Å². The summed E-state index contributed by atoms with van der Waals surface area (Å²) >= 11 is 0. The molecule has 1 aliphatic heterocycles. The van der Waals surface area contributed by atoms with Gasteiger partial charge in [-0.1, -0.05) is 56.5 Å². The van der Waals surface area contributed by atoms with E-state index in [0.717, 1.165) is 62.9 Å². The van der Waals surface area contributed by atoms with Gasteiger partial charge in [0.2, 0.25) is 0 Å². The molecule has 5 nitrogen and oxygen atoms in total. The van der Waals surface area contributed by atoms with E-state index in [1.54, 1.807) is 4.90 Å². The first kappa shape index (κ1) is 26.6. The van der Waals surface area contributed by atoms with E-state index < -0.39 is 23.5 Å². The fourth-order valence-electron chi connectivity index (χ4n) is 4.53. The first-order valence-electron chi connectivity index (χ1n) is 12.7. The Hall–Kier alpha value is -2.99. The predicted octanol–water partition coefficient (Wildman–Crippen LogP) is 5.85. The number of aliphatic hydroxyl groups excluding tert-OH is 1. The lowest BCUT2D eigenvalue weighted by molar-refractivity contribution is -0.140. The highest BCUT2D eigenvalue weighted by molar-refractivity contribution is 6.46. The molecule has 1 heterocycles. The number of benzene rings is 2. The second-order valence-corrected chi connectivity index (χ2v) is 9.31. The Morgan fingerprint density at radius 2 is 1.49 bits per heavy atom. The highest BCUT2D eigenvalue weighted by Gasteiger charge is 2.45. The molecule has 0 aromatic heterocycles. The minimum absolute atomic E-state index is 0.0549. The molecule has 35 heavy (non-hydrogen) atoms. The number of likely N-dealkylation sites (tertiary alicyclic amines) is 1. The maximum atomic E-state index is 13.4. The standard InChI is InChI=1S/C29H37FN2O3/c1-4-6-17-31(18-7-5-2)19-8-20-32-26(22-11-9-21(3)10-12-22)25(28(34)29(32)35)27(33)23-13-15-24(30)16-14-23/h9-16,26,33H,4-8,17-20H2,1-3H3/b27-25+. The van der Waals surface area contributed by atoms with E-state index in [-0.39, 0.29) is 11.3 Å². The molecule has 188 valence electrons. The number of carbonyl (C=O) groups excluding carboxylic acids is 2. The van der Waals surface area contributed by atoms with Crippen molar-refractivity contribution in [3.63, 3.8) is 0 Å². The Morgan fingerprint density at radius 1 is 0.914 bits per heavy atom. The van der Waals surface area contributed by atoms with Crippen LogP contribution in [0.4, 0.5) is 4.39 Å². The van der Waals surface area contributed by atoms with Gasteiger partial charge in [0.05, 0.1) is 11.6 Å². The van der Waals surface area contributed by atoms with Crippen molar-refractivity contribution < 1.29 is 19.1 Å². The summed E-state index contributed by atoms with van der Waals surface area (Å²) in [6, 6.07) is 12.3. The Kier molecular flexibility index (Phi) is 9.61. The van der Waals surface area contributed by atoms with Gasteiger partial charge in [-0.25, -0.2) is 4.39 Å². The number of Topliss-reactive ketones (excluding diaryl/α,β-unsaturated/α-hetero) is 1. The number of hydrogen-bond acceptors (Lipinski definition) is 4. The number of rotatable bonds is 12. The quantitative estimate of drug-likeness (QED) is 0.235. The summed E-state index contributed by atoms with van der Waals surface area (Å²) in [6.07, 6.45) is 5.27. The first-order valence-corrected chi connectivity index (χ1v) is 12.7. The number of unbranched alkanes of at least 4 members (excludes halogenated alkanes) is 2. The van der Waals surface area contributed by atoms with Crippen LogP contribution in [0.2, 0.25) is 0 Å². The summed E-state index contributed by atoms with van der Waals surface area (Å²) in [4.78, 5) is 30.3. The minimum Gasteiger partial charge on any atom is -0.507 e. The molecule has 2 aromatic carbocycles. The third-order valence-electron chi connectivity index (χ3n) is 6.58. The van der Waals surface area contributed by atoms with Crippen molar-refractivity contribution >= 4 is 17.4 Å². The van der Waals surface area contributed by atoms with Crippen molar-refractivity contribution in [2.24, 2.45) is 0 Å². The lowest BCUT2D eigenvalue weighted by Gasteiger charge is -2.27. The first-order chi connectivity index (χ1) is 16.9. The van der Waals surface area contributed by atoms with Gasteiger partial charge < -0.3 is 14.9 Å². The zero-order valence-electron chi connectivity index (χ0n) is 21.1. The molecule has 0 aliphatic carbocycles. The molecule has 1 aliphatic rings. The van der Waals surface area contributed by atoms with Crippen molar-refractivity contribution in [2.45, 2.75) is 58.9 Å². The van der Waals surface area contributed by atoms with Gasteiger partial charge in [0.1, 0.15) is 11.6 Å². The van der Waals surface area contributed by atoms with Crippen LogP contribution in [0.25, 0.3) is 5.76 Å². The van der Waals surface area contributed by atoms with Crippen LogP contribution in [-0.4, -0.2) is 52.8 Å². The molecule has 0 bridgehead atoms. The van der Waals surface area contributed by atoms with Crippen molar-refractivity contribution in [2.75, 3.05) is 26.2 Å². The summed E-state index contributed by atoms with van der Waals surface area (Å²) in [5.74, 6) is -2.02. The number of hydrogen-bond donors (Lipinski definition) is 1. The Labute approximate surface area is 208 Å². The normalized spacial score (nSPS) is 17.5. The molecule has 2 aromatic rings. The second kappa shape index (κ2) is 12.6. The summed E-state index contributed by atoms with van der Waals surface area (Å²) in [6.45, 7) is 9.66. The smallest absolute Gasteiger partial charge is 0.295 e. The Morgan fingerprint density at radius 3 is 2.06 bits per heavy atom. The summed E-state index contributed by atoms with van der Waals surface area (Å²) < 4.78 is 13.4. The third-order valence-corrected chi connectivity index (χ3v) is 6.58. The molecular formula is C29H37FN2O3. The number of aliphatic hydroxyl groups is 1. The summed E-state index contributed by atoms with van der Waals surface area (Å²) in [5, 5.41) is 11.1. The number of amides is 1. The average molecular weight is 481 g/mol. The molecule has 0 radical (unpaired) electrons. The predicted molar refractivity (Wildman–Crippen MR) is 137 cm³/mol. The van der Waals surface area contributed by atoms with E-state index >= 15 is 0 Å². The molecule has 1 N–H and O–H groups in total. The maximum absolute atomic E-state index is 13.4. The zero-order valence-corrected chi connectivity index (χ0v) is 21.1. The van der Waals surface area contributed by atoms with Crippen LogP contribution in [0, 0.1) is 12.7 Å². The van der Waals surface area contributed by atoms with Crippen LogP contribution in [0.5, 0.6) is 0 Å². The zero-order chi connectivity index (χ0) is 25.4. The molecule has 0 saturated carbocycles. The van der Waals surface area contributed by atoms with Gasteiger partial charge in [0, 0.05) is 12.1 Å². The molecular weight excluding hydrogens is 443 g/mol. The average Bonchev–Trinajstić information content (AvgIpc) is 3.10. The molecule has 0 spiro atoms. The fraction of sp³-hybridized carbons (Fsp3) is 0.448. The van der Waals surface area contributed by atoms with Crippen LogP contribution in [0.15, 0.2) is 54.1 Å². The van der Waals surface area contributed by atoms with Crippen LogP contribution < -0.4 is 0 Å². The van der Waals surface area contributed by atoms with Crippen molar-refractivity contribution in [1.82, 2.24) is 9.80 Å². The highest BCUT2D eigenvalue weighted by atomic mass is 19.1. The van der Waals surface area contributed by atoms with E-state index in [1.807, 2.05) is 31.2 Å². The Bertz CT molecular complexity index is 1020. The lowest BCUT2D eigenvalue weighted by atomic mass is 9.94. The maximum Gasteiger partial charge on any atom is 0.295 e. The number of carbonyl (C=O) groups is 2. The van der Waals surface area contributed by atoms with Gasteiger partial charge >= 0.3 is 0 Å². The topological polar surface area (TPSA) is 60.9 Å². The van der Waals surface area contributed by atoms with E-state index in [4.69, 9.17) is 0 Å². The molecule has 1 unspecified atom stereocenters. The number of aryl methyl sites for hydroxylation is 1. The van der Waals surface area contributed by atoms with Gasteiger partial charge in [-0.05, 0) is 75.6 Å². The van der Waals surface area contributed by atoms with Gasteiger partial charge in [0.15, 0.2) is 0 Å². The van der Waals surface area contributed by atoms with Gasteiger partial charge in [-0.15, -0.1) is 0 Å². The fourth-order valence-corrected chi connectivity index (χ4v) is 4.53. The molecule has 1 amide bonds. The van der Waals surface area contributed by atoms with Crippen molar-refractivity contribution in [3.8, 4) is 0 Å². The van der Waals surface area contributed by atoms with Crippen LogP contribution >= 0.6 is 0 Å². The summed E-state index contributed by atoms with van der Waals surface area (Å²) in [7, 11) is 0. The molecule has 6 heteroatoms. The second-order valence-electron chi connectivity index (χ2n) is 9.31. The van der Waals surface area contributed by atoms with Gasteiger partial charge in [0.25, 0.3) is 11.7 Å². The molecule has 3 rings (SSSR count). The van der Waals surface area contributed by atoms with E-state index in [2.05, 4.69) is 18.7 Å². The van der Waals surface area contributed by atoms with Crippen molar-refractivity contribution in [3.05, 3.63) is 76.6 Å². The minimum atomic E-state index is -0.703. The van der Waals surface area contributed by atoms with Crippen LogP contribution in [-0.2, 0) is 9.59 Å².